The molecule has 0 amide bonds. The zero-order valence-electron chi connectivity index (χ0n) is 11.4. The van der Waals surface area contributed by atoms with Crippen molar-refractivity contribution in [3.63, 3.8) is 0 Å². The molecule has 0 unspecified atom stereocenters. The largest absolute Gasteiger partial charge is 0.379 e. The van der Waals surface area contributed by atoms with Crippen molar-refractivity contribution in [3.05, 3.63) is 24.0 Å². The zero-order chi connectivity index (χ0) is 12.5. The van der Waals surface area contributed by atoms with Crippen LogP contribution in [0.2, 0.25) is 0 Å². The Morgan fingerprint density at radius 3 is 2.94 bits per heavy atom. The Morgan fingerprint density at radius 2 is 2.24 bits per heavy atom. The molecule has 0 aliphatic heterocycles. The lowest BCUT2D eigenvalue weighted by Crippen LogP contribution is -2.17. The fourth-order valence-corrected chi connectivity index (χ4v) is 1.74. The Kier molecular flexibility index (Phi) is 6.97. The average molecular weight is 238 g/mol. The van der Waals surface area contributed by atoms with Gasteiger partial charge < -0.3 is 14.6 Å². The molecule has 0 atom stereocenters. The Bertz CT molecular complexity index is 294. The van der Waals surface area contributed by atoms with Crippen molar-refractivity contribution in [2.45, 2.75) is 52.8 Å². The fourth-order valence-electron chi connectivity index (χ4n) is 1.74. The van der Waals surface area contributed by atoms with Gasteiger partial charge in [0.1, 0.15) is 0 Å². The van der Waals surface area contributed by atoms with Gasteiger partial charge in [-0.25, -0.2) is 0 Å². The molecule has 1 aromatic rings. The first kappa shape index (κ1) is 14.3. The van der Waals surface area contributed by atoms with E-state index in [1.54, 1.807) is 0 Å². The van der Waals surface area contributed by atoms with Gasteiger partial charge in [-0.1, -0.05) is 6.92 Å². The van der Waals surface area contributed by atoms with Crippen molar-refractivity contribution in [1.29, 1.82) is 0 Å². The predicted octanol–water partition coefficient (Wildman–Crippen LogP) is 2.80. The summed E-state index contributed by atoms with van der Waals surface area (Å²) in [6.07, 6.45) is 6.99. The highest BCUT2D eigenvalue weighted by molar-refractivity contribution is 5.09. The van der Waals surface area contributed by atoms with Crippen LogP contribution in [0.5, 0.6) is 0 Å². The quantitative estimate of drug-likeness (QED) is 0.670. The molecule has 1 N–H and O–H groups in total. The lowest BCUT2D eigenvalue weighted by molar-refractivity contribution is 0.0770. The van der Waals surface area contributed by atoms with E-state index in [0.717, 1.165) is 32.7 Å². The zero-order valence-corrected chi connectivity index (χ0v) is 11.4. The van der Waals surface area contributed by atoms with E-state index in [1.165, 1.54) is 12.0 Å². The Hall–Kier alpha value is -0.800. The van der Waals surface area contributed by atoms with Crippen LogP contribution in [0.4, 0.5) is 0 Å². The van der Waals surface area contributed by atoms with Crippen molar-refractivity contribution < 1.29 is 4.74 Å². The second kappa shape index (κ2) is 8.31. The molecular formula is C14H26N2O. The molecule has 0 aromatic carbocycles. The summed E-state index contributed by atoms with van der Waals surface area (Å²) in [5.74, 6) is 0. The van der Waals surface area contributed by atoms with Crippen LogP contribution >= 0.6 is 0 Å². The Balaban J connectivity index is 2.05. The van der Waals surface area contributed by atoms with Gasteiger partial charge >= 0.3 is 0 Å². The highest BCUT2D eigenvalue weighted by Crippen LogP contribution is 2.01. The molecule has 0 spiro atoms. The number of aromatic nitrogens is 1. The minimum absolute atomic E-state index is 0.345. The highest BCUT2D eigenvalue weighted by Gasteiger charge is 1.96. The average Bonchev–Trinajstić information content (AvgIpc) is 2.71. The lowest BCUT2D eigenvalue weighted by Gasteiger charge is -2.07. The third kappa shape index (κ3) is 6.49. The summed E-state index contributed by atoms with van der Waals surface area (Å²) < 4.78 is 7.73. The normalized spacial score (nSPS) is 11.3. The van der Waals surface area contributed by atoms with Gasteiger partial charge in [0, 0.05) is 32.1 Å². The van der Waals surface area contributed by atoms with Crippen LogP contribution in [0.25, 0.3) is 0 Å². The maximum absolute atomic E-state index is 5.49. The highest BCUT2D eigenvalue weighted by atomic mass is 16.5. The molecular weight excluding hydrogens is 212 g/mol. The van der Waals surface area contributed by atoms with Crippen LogP contribution in [0.15, 0.2) is 18.5 Å². The topological polar surface area (TPSA) is 26.2 Å². The molecule has 0 saturated carbocycles. The second-order valence-corrected chi connectivity index (χ2v) is 4.71. The van der Waals surface area contributed by atoms with Crippen molar-refractivity contribution in [3.8, 4) is 0 Å². The molecule has 0 saturated heterocycles. The Morgan fingerprint density at radius 1 is 1.41 bits per heavy atom. The number of nitrogens with zero attached hydrogens (tertiary/aromatic N) is 1. The monoisotopic (exact) mass is 238 g/mol. The van der Waals surface area contributed by atoms with E-state index < -0.39 is 0 Å². The van der Waals surface area contributed by atoms with Gasteiger partial charge in [0.15, 0.2) is 0 Å². The fraction of sp³-hybridized carbons (Fsp3) is 0.714. The van der Waals surface area contributed by atoms with Gasteiger partial charge in [-0.15, -0.1) is 0 Å². The van der Waals surface area contributed by atoms with E-state index >= 15 is 0 Å². The molecule has 17 heavy (non-hydrogen) atoms. The lowest BCUT2D eigenvalue weighted by atomic mass is 10.3. The molecule has 0 aliphatic rings. The summed E-state index contributed by atoms with van der Waals surface area (Å²) in [6.45, 7) is 10.3. The first-order chi connectivity index (χ1) is 8.22. The van der Waals surface area contributed by atoms with Gasteiger partial charge in [-0.05, 0) is 44.9 Å². The smallest absolute Gasteiger partial charge is 0.0518 e. The van der Waals surface area contributed by atoms with Crippen LogP contribution in [0.3, 0.4) is 0 Å². The van der Waals surface area contributed by atoms with Gasteiger partial charge in [0.05, 0.1) is 6.10 Å². The molecule has 0 fully saturated rings. The van der Waals surface area contributed by atoms with Crippen molar-refractivity contribution >= 4 is 0 Å². The van der Waals surface area contributed by atoms with Gasteiger partial charge in [0.25, 0.3) is 0 Å². The van der Waals surface area contributed by atoms with E-state index in [1.807, 2.05) is 0 Å². The molecule has 3 nitrogen and oxygen atoms in total. The summed E-state index contributed by atoms with van der Waals surface area (Å²) in [5, 5.41) is 3.44. The molecule has 0 aliphatic carbocycles. The van der Waals surface area contributed by atoms with E-state index in [2.05, 4.69) is 49.1 Å². The number of rotatable bonds is 9. The number of ether oxygens (including phenoxy) is 1. The first-order valence-corrected chi connectivity index (χ1v) is 6.69. The van der Waals surface area contributed by atoms with Gasteiger partial charge in [-0.3, -0.25) is 0 Å². The first-order valence-electron chi connectivity index (χ1n) is 6.69. The number of hydrogen-bond acceptors (Lipinski definition) is 2. The van der Waals surface area contributed by atoms with E-state index in [0.29, 0.717) is 6.10 Å². The molecule has 0 bridgehead atoms. The van der Waals surface area contributed by atoms with Gasteiger partial charge in [0.2, 0.25) is 0 Å². The number of nitrogens with one attached hydrogen (secondary N) is 1. The van der Waals surface area contributed by atoms with Crippen LogP contribution in [-0.2, 0) is 17.8 Å². The summed E-state index contributed by atoms with van der Waals surface area (Å²) in [7, 11) is 0. The van der Waals surface area contributed by atoms with Crippen LogP contribution in [0, 0.1) is 0 Å². The molecule has 3 heteroatoms. The van der Waals surface area contributed by atoms with E-state index in [4.69, 9.17) is 4.74 Å². The molecule has 0 radical (unpaired) electrons. The van der Waals surface area contributed by atoms with Crippen LogP contribution < -0.4 is 5.32 Å². The maximum atomic E-state index is 5.49. The third-order valence-corrected chi connectivity index (χ3v) is 2.57. The molecule has 1 heterocycles. The van der Waals surface area contributed by atoms with E-state index in [9.17, 15) is 0 Å². The van der Waals surface area contributed by atoms with Gasteiger partial charge in [-0.2, -0.15) is 0 Å². The molecule has 98 valence electrons. The van der Waals surface area contributed by atoms with Crippen molar-refractivity contribution in [2.24, 2.45) is 0 Å². The number of aryl methyl sites for hydroxylation is 1. The number of hydrogen-bond donors (Lipinski definition) is 1. The maximum Gasteiger partial charge on any atom is 0.0518 e. The minimum Gasteiger partial charge on any atom is -0.379 e. The molecule has 1 aromatic heterocycles. The second-order valence-electron chi connectivity index (χ2n) is 4.71. The van der Waals surface area contributed by atoms with Crippen LogP contribution in [-0.4, -0.2) is 23.8 Å². The SMILES string of the molecule is CCCn1ccc(CNCCCOC(C)C)c1. The summed E-state index contributed by atoms with van der Waals surface area (Å²) >= 11 is 0. The van der Waals surface area contributed by atoms with Crippen LogP contribution in [0.1, 0.15) is 39.2 Å². The summed E-state index contributed by atoms with van der Waals surface area (Å²) in [4.78, 5) is 0. The Labute approximate surface area is 105 Å². The standard InChI is InChI=1S/C14H26N2O/c1-4-8-16-9-6-14(12-16)11-15-7-5-10-17-13(2)3/h6,9,12-13,15H,4-5,7-8,10-11H2,1-3H3. The third-order valence-electron chi connectivity index (χ3n) is 2.57. The predicted molar refractivity (Wildman–Crippen MR) is 72.1 cm³/mol. The molecule has 1 rings (SSSR count). The van der Waals surface area contributed by atoms with Crippen molar-refractivity contribution in [1.82, 2.24) is 9.88 Å². The minimum atomic E-state index is 0.345. The van der Waals surface area contributed by atoms with E-state index in [-0.39, 0.29) is 0 Å². The van der Waals surface area contributed by atoms with Crippen molar-refractivity contribution in [2.75, 3.05) is 13.2 Å². The summed E-state index contributed by atoms with van der Waals surface area (Å²) in [6, 6.07) is 2.19. The summed E-state index contributed by atoms with van der Waals surface area (Å²) in [5.41, 5.74) is 1.36.